The Hall–Kier alpha value is -0.540. The van der Waals surface area contributed by atoms with Gasteiger partial charge in [-0.25, -0.2) is 0 Å². The fourth-order valence-corrected chi connectivity index (χ4v) is 1.90. The van der Waals surface area contributed by atoms with Crippen LogP contribution in [0.25, 0.3) is 0 Å². The number of epoxide rings is 1. The predicted molar refractivity (Wildman–Crippen MR) is 47.9 cm³/mol. The highest BCUT2D eigenvalue weighted by Crippen LogP contribution is 2.41. The lowest BCUT2D eigenvalue weighted by Gasteiger charge is -2.19. The van der Waals surface area contributed by atoms with Gasteiger partial charge in [0.15, 0.2) is 0 Å². The minimum absolute atomic E-state index is 0.426. The van der Waals surface area contributed by atoms with Crippen molar-refractivity contribution in [1.29, 1.82) is 0 Å². The van der Waals surface area contributed by atoms with Crippen molar-refractivity contribution in [3.05, 3.63) is 12.3 Å². The van der Waals surface area contributed by atoms with Crippen LogP contribution in [0.2, 0.25) is 0 Å². The van der Waals surface area contributed by atoms with E-state index < -0.39 is 0 Å². The van der Waals surface area contributed by atoms with Gasteiger partial charge >= 0.3 is 0 Å². The van der Waals surface area contributed by atoms with Crippen LogP contribution in [0.5, 0.6) is 0 Å². The second-order valence-corrected chi connectivity index (χ2v) is 3.68. The van der Waals surface area contributed by atoms with Gasteiger partial charge in [0.1, 0.15) is 5.76 Å². The van der Waals surface area contributed by atoms with Gasteiger partial charge in [-0.15, -0.1) is 0 Å². The Kier molecular flexibility index (Phi) is 2.56. The lowest BCUT2D eigenvalue weighted by molar-refractivity contribution is -0.264. The highest BCUT2D eigenvalue weighted by molar-refractivity contribution is 5.01. The average Bonchev–Trinajstić information content (AvgIpc) is 2.91. The molecule has 13 heavy (non-hydrogen) atoms. The summed E-state index contributed by atoms with van der Waals surface area (Å²) in [6, 6.07) is 0. The van der Waals surface area contributed by atoms with Gasteiger partial charge in [0.05, 0.1) is 18.8 Å². The third-order valence-electron chi connectivity index (χ3n) is 2.74. The fourth-order valence-electron chi connectivity index (χ4n) is 1.90. The van der Waals surface area contributed by atoms with Crippen LogP contribution in [-0.4, -0.2) is 18.8 Å². The zero-order valence-electron chi connectivity index (χ0n) is 7.99. The zero-order valence-corrected chi connectivity index (χ0v) is 7.99. The van der Waals surface area contributed by atoms with Gasteiger partial charge < -0.3 is 9.62 Å². The molecule has 1 heterocycles. The topological polar surface area (TPSA) is 31.0 Å². The first kappa shape index (κ1) is 9.03. The number of hydrogen-bond donors (Lipinski definition) is 0. The molecule has 1 aliphatic carbocycles. The summed E-state index contributed by atoms with van der Waals surface area (Å²) in [5, 5.41) is 0. The second kappa shape index (κ2) is 3.68. The van der Waals surface area contributed by atoms with E-state index in [1.54, 1.807) is 0 Å². The van der Waals surface area contributed by atoms with Crippen LogP contribution < -0.4 is 0 Å². The summed E-state index contributed by atoms with van der Waals surface area (Å²) in [5.41, 5.74) is 0. The van der Waals surface area contributed by atoms with Crippen molar-refractivity contribution in [1.82, 2.24) is 0 Å². The summed E-state index contributed by atoms with van der Waals surface area (Å²) < 4.78 is 5.43. The second-order valence-electron chi connectivity index (χ2n) is 3.68. The summed E-state index contributed by atoms with van der Waals surface area (Å²) in [5.74, 6) is 1.19. The van der Waals surface area contributed by atoms with Crippen molar-refractivity contribution in [3.63, 3.8) is 0 Å². The predicted octanol–water partition coefficient (Wildman–Crippen LogP) is 2.04. The molecule has 3 atom stereocenters. The molecule has 2 aliphatic rings. The van der Waals surface area contributed by atoms with Crippen LogP contribution in [0.1, 0.15) is 26.2 Å². The van der Waals surface area contributed by atoms with Gasteiger partial charge in [0, 0.05) is 5.92 Å². The van der Waals surface area contributed by atoms with Crippen LogP contribution in [0.15, 0.2) is 12.3 Å². The monoisotopic (exact) mass is 184 g/mol. The third-order valence-corrected chi connectivity index (χ3v) is 2.74. The van der Waals surface area contributed by atoms with Crippen LogP contribution in [0.3, 0.4) is 0 Å². The van der Waals surface area contributed by atoms with Gasteiger partial charge in [-0.1, -0.05) is 6.58 Å². The lowest BCUT2D eigenvalue weighted by Crippen LogP contribution is -2.16. The quantitative estimate of drug-likeness (QED) is 0.290. The summed E-state index contributed by atoms with van der Waals surface area (Å²) >= 11 is 0. The molecular weight excluding hydrogens is 168 g/mol. The standard InChI is InChI=1S/C10H16O3/c1-3-11-13-7(2)8-4-5-9-10(6-8)12-9/h8-10H,2-6H2,1H3. The Morgan fingerprint density at radius 3 is 3.00 bits per heavy atom. The molecule has 2 rings (SSSR count). The molecule has 1 saturated carbocycles. The van der Waals surface area contributed by atoms with Crippen molar-refractivity contribution >= 4 is 0 Å². The largest absolute Gasteiger partial charge is 0.370 e. The molecule has 3 unspecified atom stereocenters. The molecule has 0 spiro atoms. The first-order valence-corrected chi connectivity index (χ1v) is 4.95. The van der Waals surface area contributed by atoms with E-state index in [-0.39, 0.29) is 0 Å². The van der Waals surface area contributed by atoms with Crippen molar-refractivity contribution in [2.24, 2.45) is 5.92 Å². The van der Waals surface area contributed by atoms with Crippen LogP contribution in [0, 0.1) is 5.92 Å². The van der Waals surface area contributed by atoms with E-state index in [2.05, 4.69) is 6.58 Å². The summed E-state index contributed by atoms with van der Waals surface area (Å²) in [4.78, 5) is 9.90. The number of rotatable bonds is 4. The summed E-state index contributed by atoms with van der Waals surface area (Å²) in [6.45, 7) is 6.33. The molecule has 74 valence electrons. The van der Waals surface area contributed by atoms with E-state index in [4.69, 9.17) is 14.5 Å². The fraction of sp³-hybridized carbons (Fsp3) is 0.800. The number of hydrogen-bond acceptors (Lipinski definition) is 3. The minimum Gasteiger partial charge on any atom is -0.370 e. The van der Waals surface area contributed by atoms with E-state index in [0.29, 0.717) is 24.7 Å². The molecule has 1 aliphatic heterocycles. The Morgan fingerprint density at radius 2 is 2.31 bits per heavy atom. The molecule has 3 heteroatoms. The van der Waals surface area contributed by atoms with E-state index in [1.807, 2.05) is 6.92 Å². The Labute approximate surface area is 78.6 Å². The maximum atomic E-state index is 5.43. The SMILES string of the molecule is C=C(OOCC)C1CCC2OC2C1. The van der Waals surface area contributed by atoms with E-state index in [0.717, 1.165) is 25.0 Å². The maximum absolute atomic E-state index is 5.43. The van der Waals surface area contributed by atoms with E-state index >= 15 is 0 Å². The Bertz CT molecular complexity index is 202. The molecule has 0 amide bonds. The van der Waals surface area contributed by atoms with Crippen molar-refractivity contribution in [2.75, 3.05) is 6.61 Å². The number of fused-ring (bicyclic) bond motifs is 1. The first-order chi connectivity index (χ1) is 6.31. The molecule has 0 N–H and O–H groups in total. The van der Waals surface area contributed by atoms with Gasteiger partial charge in [0.2, 0.25) is 0 Å². The molecule has 0 aromatic heterocycles. The number of allylic oxidation sites excluding steroid dienone is 1. The van der Waals surface area contributed by atoms with Crippen LogP contribution in [0.4, 0.5) is 0 Å². The first-order valence-electron chi connectivity index (χ1n) is 4.95. The molecular formula is C10H16O3. The molecule has 1 saturated heterocycles. The highest BCUT2D eigenvalue weighted by Gasteiger charge is 2.44. The van der Waals surface area contributed by atoms with Crippen molar-refractivity contribution in [3.8, 4) is 0 Å². The smallest absolute Gasteiger partial charge is 0.138 e. The van der Waals surface area contributed by atoms with E-state index in [1.165, 1.54) is 0 Å². The molecule has 0 aromatic carbocycles. The van der Waals surface area contributed by atoms with Crippen molar-refractivity contribution in [2.45, 2.75) is 38.4 Å². The Morgan fingerprint density at radius 1 is 1.46 bits per heavy atom. The van der Waals surface area contributed by atoms with Gasteiger partial charge in [-0.3, -0.25) is 0 Å². The molecule has 0 radical (unpaired) electrons. The van der Waals surface area contributed by atoms with Gasteiger partial charge in [-0.2, -0.15) is 4.89 Å². The summed E-state index contributed by atoms with van der Waals surface area (Å²) in [6.07, 6.45) is 4.32. The highest BCUT2D eigenvalue weighted by atomic mass is 17.2. The van der Waals surface area contributed by atoms with Gasteiger partial charge in [-0.05, 0) is 26.2 Å². The van der Waals surface area contributed by atoms with Crippen LogP contribution in [-0.2, 0) is 14.5 Å². The average molecular weight is 184 g/mol. The normalized spacial score (nSPS) is 36.5. The maximum Gasteiger partial charge on any atom is 0.138 e. The third kappa shape index (κ3) is 2.03. The molecule has 3 nitrogen and oxygen atoms in total. The number of ether oxygens (including phenoxy) is 1. The van der Waals surface area contributed by atoms with Gasteiger partial charge in [0.25, 0.3) is 0 Å². The summed E-state index contributed by atoms with van der Waals surface area (Å²) in [7, 11) is 0. The molecule has 0 aromatic rings. The minimum atomic E-state index is 0.426. The Balaban J connectivity index is 1.75. The zero-order chi connectivity index (χ0) is 9.26. The lowest BCUT2D eigenvalue weighted by atomic mass is 9.88. The van der Waals surface area contributed by atoms with Crippen LogP contribution >= 0.6 is 0 Å². The van der Waals surface area contributed by atoms with Crippen molar-refractivity contribution < 1.29 is 14.5 Å². The van der Waals surface area contributed by atoms with E-state index in [9.17, 15) is 0 Å². The molecule has 0 bridgehead atoms. The molecule has 2 fully saturated rings.